The van der Waals surface area contributed by atoms with E-state index in [2.05, 4.69) is 19.2 Å². The van der Waals surface area contributed by atoms with Crippen molar-refractivity contribution in [3.63, 3.8) is 0 Å². The molecule has 2 unspecified atom stereocenters. The van der Waals surface area contributed by atoms with E-state index in [1.807, 2.05) is 13.8 Å². The van der Waals surface area contributed by atoms with Gasteiger partial charge in [0.25, 0.3) is 5.91 Å². The van der Waals surface area contributed by atoms with Crippen LogP contribution < -0.4 is 5.32 Å². The number of ether oxygens (including phenoxy) is 1. The Hall–Kier alpha value is -1.10. The number of hydrogen-bond donors (Lipinski definition) is 1. The topological polar surface area (TPSA) is 61.9 Å². The SMILES string of the molecule is CC(C)CCN(C)C(=O)C(CC(C)C)NC(=O)C1CO1. The summed E-state index contributed by atoms with van der Waals surface area (Å²) in [6.45, 7) is 9.56. The van der Waals surface area contributed by atoms with Crippen LogP contribution in [0.3, 0.4) is 0 Å². The van der Waals surface area contributed by atoms with E-state index in [-0.39, 0.29) is 17.9 Å². The van der Waals surface area contributed by atoms with Crippen LogP contribution in [0.5, 0.6) is 0 Å². The van der Waals surface area contributed by atoms with Gasteiger partial charge in [-0.3, -0.25) is 9.59 Å². The summed E-state index contributed by atoms with van der Waals surface area (Å²) in [7, 11) is 1.80. The lowest BCUT2D eigenvalue weighted by Gasteiger charge is -2.26. The monoisotopic (exact) mass is 284 g/mol. The second-order valence-electron chi connectivity index (χ2n) is 6.46. The average Bonchev–Trinajstić information content (AvgIpc) is 3.17. The average molecular weight is 284 g/mol. The van der Waals surface area contributed by atoms with Crippen molar-refractivity contribution < 1.29 is 14.3 Å². The molecule has 1 saturated heterocycles. The number of amides is 2. The first-order chi connectivity index (χ1) is 9.31. The molecule has 0 saturated carbocycles. The molecule has 5 heteroatoms. The third-order valence-electron chi connectivity index (χ3n) is 3.37. The molecule has 2 atom stereocenters. The molecule has 0 radical (unpaired) electrons. The molecule has 1 rings (SSSR count). The first-order valence-corrected chi connectivity index (χ1v) is 7.48. The molecule has 1 N–H and O–H groups in total. The Balaban J connectivity index is 2.55. The van der Waals surface area contributed by atoms with Crippen molar-refractivity contribution in [3.8, 4) is 0 Å². The van der Waals surface area contributed by atoms with Gasteiger partial charge < -0.3 is 15.0 Å². The minimum Gasteiger partial charge on any atom is -0.363 e. The number of carbonyl (C=O) groups excluding carboxylic acids is 2. The summed E-state index contributed by atoms with van der Waals surface area (Å²) >= 11 is 0. The Morgan fingerprint density at radius 2 is 1.85 bits per heavy atom. The highest BCUT2D eigenvalue weighted by molar-refractivity contribution is 5.90. The van der Waals surface area contributed by atoms with E-state index in [9.17, 15) is 9.59 Å². The van der Waals surface area contributed by atoms with Crippen molar-refractivity contribution in [3.05, 3.63) is 0 Å². The van der Waals surface area contributed by atoms with Gasteiger partial charge in [-0.05, 0) is 24.7 Å². The number of epoxide rings is 1. The fourth-order valence-corrected chi connectivity index (χ4v) is 1.99. The van der Waals surface area contributed by atoms with Gasteiger partial charge in [-0.2, -0.15) is 0 Å². The quantitative estimate of drug-likeness (QED) is 0.686. The summed E-state index contributed by atoms with van der Waals surface area (Å²) < 4.78 is 4.96. The summed E-state index contributed by atoms with van der Waals surface area (Å²) in [5.41, 5.74) is 0. The molecule has 1 heterocycles. The molecule has 1 fully saturated rings. The molecular formula is C15H28N2O3. The highest BCUT2D eigenvalue weighted by Crippen LogP contribution is 2.13. The van der Waals surface area contributed by atoms with Crippen molar-refractivity contribution in [1.82, 2.24) is 10.2 Å². The molecule has 0 spiro atoms. The van der Waals surface area contributed by atoms with Gasteiger partial charge in [0.15, 0.2) is 6.10 Å². The maximum atomic E-state index is 12.4. The Bertz CT molecular complexity index is 338. The van der Waals surface area contributed by atoms with Crippen LogP contribution in [0, 0.1) is 11.8 Å². The van der Waals surface area contributed by atoms with Crippen LogP contribution in [0.2, 0.25) is 0 Å². The van der Waals surface area contributed by atoms with Gasteiger partial charge in [0, 0.05) is 13.6 Å². The second kappa shape index (κ2) is 7.62. The number of rotatable bonds is 8. The third kappa shape index (κ3) is 5.90. The predicted octanol–water partition coefficient (Wildman–Crippen LogP) is 1.42. The fraction of sp³-hybridized carbons (Fsp3) is 0.867. The standard InChI is InChI=1S/C15H28N2O3/c1-10(2)6-7-17(5)15(19)12(8-11(3)4)16-14(18)13-9-20-13/h10-13H,6-9H2,1-5H3,(H,16,18). The zero-order valence-corrected chi connectivity index (χ0v) is 13.3. The van der Waals surface area contributed by atoms with E-state index in [4.69, 9.17) is 4.74 Å². The lowest BCUT2D eigenvalue weighted by molar-refractivity contribution is -0.136. The highest BCUT2D eigenvalue weighted by atomic mass is 16.6. The number of hydrogen-bond acceptors (Lipinski definition) is 3. The van der Waals surface area contributed by atoms with Crippen LogP contribution in [0.25, 0.3) is 0 Å². The summed E-state index contributed by atoms with van der Waals surface area (Å²) in [6, 6.07) is -0.441. The lowest BCUT2D eigenvalue weighted by atomic mass is 10.0. The first-order valence-electron chi connectivity index (χ1n) is 7.48. The molecule has 116 valence electrons. The highest BCUT2D eigenvalue weighted by Gasteiger charge is 2.34. The van der Waals surface area contributed by atoms with Gasteiger partial charge in [0.05, 0.1) is 6.61 Å². The predicted molar refractivity (Wildman–Crippen MR) is 78.2 cm³/mol. The van der Waals surface area contributed by atoms with Gasteiger partial charge in [-0.1, -0.05) is 27.7 Å². The summed E-state index contributed by atoms with van der Waals surface area (Å²) in [5, 5.41) is 2.82. The van der Waals surface area contributed by atoms with Crippen molar-refractivity contribution in [1.29, 1.82) is 0 Å². The van der Waals surface area contributed by atoms with Crippen molar-refractivity contribution in [2.75, 3.05) is 20.2 Å². The smallest absolute Gasteiger partial charge is 0.252 e. The third-order valence-corrected chi connectivity index (χ3v) is 3.37. The number of nitrogens with zero attached hydrogens (tertiary/aromatic N) is 1. The number of carbonyl (C=O) groups is 2. The largest absolute Gasteiger partial charge is 0.363 e. The minimum absolute atomic E-state index is 0.00616. The van der Waals surface area contributed by atoms with Gasteiger partial charge in [0.1, 0.15) is 6.04 Å². The molecule has 2 amide bonds. The zero-order chi connectivity index (χ0) is 15.3. The van der Waals surface area contributed by atoms with Crippen molar-refractivity contribution >= 4 is 11.8 Å². The molecular weight excluding hydrogens is 256 g/mol. The fourth-order valence-electron chi connectivity index (χ4n) is 1.99. The molecule has 0 aromatic carbocycles. The van der Waals surface area contributed by atoms with Gasteiger partial charge in [-0.15, -0.1) is 0 Å². The lowest BCUT2D eigenvalue weighted by Crippen LogP contribution is -2.49. The van der Waals surface area contributed by atoms with Crippen LogP contribution in [-0.4, -0.2) is 49.1 Å². The molecule has 1 aliphatic rings. The van der Waals surface area contributed by atoms with Crippen LogP contribution >= 0.6 is 0 Å². The van der Waals surface area contributed by atoms with Gasteiger partial charge in [-0.25, -0.2) is 0 Å². The van der Waals surface area contributed by atoms with Crippen LogP contribution in [-0.2, 0) is 14.3 Å². The van der Waals surface area contributed by atoms with E-state index in [0.717, 1.165) is 13.0 Å². The van der Waals surface area contributed by atoms with E-state index < -0.39 is 6.04 Å². The summed E-state index contributed by atoms with van der Waals surface area (Å²) in [4.78, 5) is 25.9. The Morgan fingerprint density at radius 3 is 2.30 bits per heavy atom. The molecule has 5 nitrogen and oxygen atoms in total. The molecule has 20 heavy (non-hydrogen) atoms. The molecule has 0 aliphatic carbocycles. The van der Waals surface area contributed by atoms with Gasteiger partial charge in [0.2, 0.25) is 5.91 Å². The van der Waals surface area contributed by atoms with Crippen molar-refractivity contribution in [2.24, 2.45) is 11.8 Å². The maximum Gasteiger partial charge on any atom is 0.252 e. The van der Waals surface area contributed by atoms with Crippen LogP contribution in [0.1, 0.15) is 40.5 Å². The Labute approximate surface area is 122 Å². The number of likely N-dealkylation sites (N-methyl/N-ethyl adjacent to an activating group) is 1. The van der Waals surface area contributed by atoms with Crippen LogP contribution in [0.4, 0.5) is 0 Å². The van der Waals surface area contributed by atoms with E-state index in [0.29, 0.717) is 24.9 Å². The molecule has 0 aromatic heterocycles. The van der Waals surface area contributed by atoms with E-state index >= 15 is 0 Å². The van der Waals surface area contributed by atoms with Crippen LogP contribution in [0.15, 0.2) is 0 Å². The minimum atomic E-state index is -0.441. The molecule has 1 aliphatic heterocycles. The Morgan fingerprint density at radius 1 is 1.25 bits per heavy atom. The number of nitrogens with one attached hydrogen (secondary N) is 1. The Kier molecular flexibility index (Phi) is 6.46. The molecule has 0 bridgehead atoms. The summed E-state index contributed by atoms with van der Waals surface area (Å²) in [6.07, 6.45) is 1.28. The summed E-state index contributed by atoms with van der Waals surface area (Å²) in [5.74, 6) is 0.737. The normalized spacial score (nSPS) is 19.1. The molecule has 0 aromatic rings. The maximum absolute atomic E-state index is 12.4. The second-order valence-corrected chi connectivity index (χ2v) is 6.46. The zero-order valence-electron chi connectivity index (χ0n) is 13.3. The van der Waals surface area contributed by atoms with Crippen molar-refractivity contribution in [2.45, 2.75) is 52.7 Å². The van der Waals surface area contributed by atoms with E-state index in [1.165, 1.54) is 0 Å². The van der Waals surface area contributed by atoms with E-state index in [1.54, 1.807) is 11.9 Å². The van der Waals surface area contributed by atoms with Gasteiger partial charge >= 0.3 is 0 Å². The first kappa shape index (κ1) is 17.0.